The number of hydrogen-bond donors (Lipinski definition) is 0. The van der Waals surface area contributed by atoms with Gasteiger partial charge in [-0.05, 0) is 145 Å². The van der Waals surface area contributed by atoms with Crippen molar-refractivity contribution in [2.45, 2.75) is 82.6 Å². The SMILES string of the molecule is CCCCCSc1ccc(C#Cc2cc(C)c(OCc3ccc4cc(C#Cc5ccc(SCCCCC)cc5)ccc4c3)c(C)c2)cc1. The number of benzene rings is 5. The lowest BCUT2D eigenvalue weighted by atomic mass is 10.0. The van der Waals surface area contributed by atoms with Gasteiger partial charge in [0.25, 0.3) is 0 Å². The summed E-state index contributed by atoms with van der Waals surface area (Å²) in [5, 5.41) is 2.37. The van der Waals surface area contributed by atoms with Gasteiger partial charge >= 0.3 is 0 Å². The number of thioether (sulfide) groups is 2. The van der Waals surface area contributed by atoms with E-state index in [-0.39, 0.29) is 0 Å². The van der Waals surface area contributed by atoms with Crippen LogP contribution in [0.4, 0.5) is 0 Å². The zero-order valence-electron chi connectivity index (χ0n) is 28.8. The predicted molar refractivity (Wildman–Crippen MR) is 210 cm³/mol. The molecule has 0 aliphatic rings. The Morgan fingerprint density at radius 2 is 0.979 bits per heavy atom. The van der Waals surface area contributed by atoms with Crippen LogP contribution in [0.5, 0.6) is 5.75 Å². The first kappa shape index (κ1) is 35.3. The van der Waals surface area contributed by atoms with Crippen molar-refractivity contribution in [1.29, 1.82) is 0 Å². The Morgan fingerprint density at radius 3 is 1.54 bits per heavy atom. The van der Waals surface area contributed by atoms with Crippen LogP contribution in [0.15, 0.2) is 107 Å². The molecule has 0 spiro atoms. The highest BCUT2D eigenvalue weighted by molar-refractivity contribution is 7.99. The number of ether oxygens (including phenoxy) is 1. The highest BCUT2D eigenvalue weighted by Gasteiger charge is 2.07. The first-order valence-corrected chi connectivity index (χ1v) is 19.2. The lowest BCUT2D eigenvalue weighted by Crippen LogP contribution is -1.99. The normalized spacial score (nSPS) is 10.7. The summed E-state index contributed by atoms with van der Waals surface area (Å²) in [7, 11) is 0. The zero-order valence-corrected chi connectivity index (χ0v) is 30.5. The second kappa shape index (κ2) is 18.5. The molecule has 0 amide bonds. The Morgan fingerprint density at radius 1 is 0.500 bits per heavy atom. The van der Waals surface area contributed by atoms with Crippen LogP contribution in [0.3, 0.4) is 0 Å². The number of aryl methyl sites for hydroxylation is 2. The fourth-order valence-electron chi connectivity index (χ4n) is 5.51. The van der Waals surface area contributed by atoms with Gasteiger partial charge in [-0.2, -0.15) is 0 Å². The van der Waals surface area contributed by atoms with E-state index in [1.165, 1.54) is 70.6 Å². The molecule has 0 heterocycles. The fourth-order valence-corrected chi connectivity index (χ4v) is 7.34. The highest BCUT2D eigenvalue weighted by Crippen LogP contribution is 2.27. The van der Waals surface area contributed by atoms with E-state index in [2.05, 4.69) is 148 Å². The molecule has 48 heavy (non-hydrogen) atoms. The predicted octanol–water partition coefficient (Wildman–Crippen LogP) is 12.4. The van der Waals surface area contributed by atoms with E-state index in [0.717, 1.165) is 44.7 Å². The quantitative estimate of drug-likeness (QED) is 0.0703. The summed E-state index contributed by atoms with van der Waals surface area (Å²) in [6.45, 7) is 9.21. The third kappa shape index (κ3) is 10.8. The molecule has 0 N–H and O–H groups in total. The van der Waals surface area contributed by atoms with Crippen molar-refractivity contribution in [2.24, 2.45) is 0 Å². The standard InChI is InChI=1S/C45H46OS2/c1-5-7-9-27-47-43-23-17-36(18-24-43)11-13-38-15-21-42-32-40(16-22-41(42)31-38)33-46-45-34(3)29-39(30-35(45)4)14-12-37-19-25-44(26-20-37)48-28-10-8-6-2/h15-26,29-32H,5-10,27-28,33H2,1-4H3. The van der Waals surface area contributed by atoms with Gasteiger partial charge in [0.15, 0.2) is 0 Å². The van der Waals surface area contributed by atoms with Crippen LogP contribution in [0.25, 0.3) is 10.8 Å². The summed E-state index contributed by atoms with van der Waals surface area (Å²) in [6, 6.07) is 34.4. The Bertz CT molecular complexity index is 1890. The van der Waals surface area contributed by atoms with E-state index >= 15 is 0 Å². The molecule has 1 nitrogen and oxygen atoms in total. The molecule has 5 aromatic carbocycles. The molecule has 5 rings (SSSR count). The van der Waals surface area contributed by atoms with Crippen LogP contribution < -0.4 is 4.74 Å². The van der Waals surface area contributed by atoms with Crippen molar-refractivity contribution in [2.75, 3.05) is 11.5 Å². The van der Waals surface area contributed by atoms with Crippen LogP contribution in [-0.4, -0.2) is 11.5 Å². The van der Waals surface area contributed by atoms with E-state index in [4.69, 9.17) is 4.74 Å². The fraction of sp³-hybridized carbons (Fsp3) is 0.289. The van der Waals surface area contributed by atoms with E-state index in [0.29, 0.717) is 6.61 Å². The molecule has 0 fully saturated rings. The Hall–Kier alpha value is -4.02. The molecule has 0 aliphatic heterocycles. The molecule has 0 unspecified atom stereocenters. The summed E-state index contributed by atoms with van der Waals surface area (Å²) in [5.74, 6) is 16.7. The van der Waals surface area contributed by atoms with E-state index in [1.54, 1.807) is 0 Å². The van der Waals surface area contributed by atoms with E-state index in [1.807, 2.05) is 23.5 Å². The minimum atomic E-state index is 0.514. The molecule has 5 aromatic rings. The largest absolute Gasteiger partial charge is 0.488 e. The van der Waals surface area contributed by atoms with Gasteiger partial charge in [-0.3, -0.25) is 0 Å². The van der Waals surface area contributed by atoms with Gasteiger partial charge in [-0.25, -0.2) is 0 Å². The molecule has 0 atom stereocenters. The van der Waals surface area contributed by atoms with Gasteiger partial charge in [0.2, 0.25) is 0 Å². The van der Waals surface area contributed by atoms with Crippen LogP contribution in [0, 0.1) is 37.5 Å². The van der Waals surface area contributed by atoms with Crippen LogP contribution >= 0.6 is 23.5 Å². The summed E-state index contributed by atoms with van der Waals surface area (Å²) < 4.78 is 6.36. The third-order valence-corrected chi connectivity index (χ3v) is 10.4. The van der Waals surface area contributed by atoms with Crippen molar-refractivity contribution in [3.63, 3.8) is 0 Å². The van der Waals surface area contributed by atoms with Crippen molar-refractivity contribution in [3.05, 3.63) is 136 Å². The summed E-state index contributed by atoms with van der Waals surface area (Å²) in [6.07, 6.45) is 7.68. The van der Waals surface area contributed by atoms with Crippen LogP contribution in [0.2, 0.25) is 0 Å². The van der Waals surface area contributed by atoms with Crippen molar-refractivity contribution in [1.82, 2.24) is 0 Å². The molecule has 0 saturated heterocycles. The molecule has 0 radical (unpaired) electrons. The summed E-state index contributed by atoms with van der Waals surface area (Å²) in [4.78, 5) is 2.63. The van der Waals surface area contributed by atoms with Gasteiger partial charge in [0, 0.05) is 32.0 Å². The monoisotopic (exact) mass is 666 g/mol. The van der Waals surface area contributed by atoms with Gasteiger partial charge in [-0.15, -0.1) is 23.5 Å². The maximum absolute atomic E-state index is 6.36. The molecular formula is C45H46OS2. The molecule has 3 heteroatoms. The van der Waals surface area contributed by atoms with Gasteiger partial charge in [0.1, 0.15) is 12.4 Å². The minimum Gasteiger partial charge on any atom is -0.488 e. The number of fused-ring (bicyclic) bond motifs is 1. The second-order valence-corrected chi connectivity index (χ2v) is 14.6. The van der Waals surface area contributed by atoms with Crippen molar-refractivity contribution >= 4 is 34.3 Å². The van der Waals surface area contributed by atoms with Crippen molar-refractivity contribution < 1.29 is 4.74 Å². The van der Waals surface area contributed by atoms with Gasteiger partial charge < -0.3 is 4.74 Å². The molecular weight excluding hydrogens is 621 g/mol. The number of unbranched alkanes of at least 4 members (excludes halogenated alkanes) is 4. The average Bonchev–Trinajstić information content (AvgIpc) is 3.10. The zero-order chi connectivity index (χ0) is 33.6. The molecule has 0 aromatic heterocycles. The second-order valence-electron chi connectivity index (χ2n) is 12.3. The van der Waals surface area contributed by atoms with Crippen molar-refractivity contribution in [3.8, 4) is 29.4 Å². The van der Waals surface area contributed by atoms with Gasteiger partial charge in [0.05, 0.1) is 0 Å². The highest BCUT2D eigenvalue weighted by atomic mass is 32.2. The Kier molecular flexibility index (Phi) is 13.6. The molecule has 0 bridgehead atoms. The average molecular weight is 667 g/mol. The number of rotatable bonds is 13. The van der Waals surface area contributed by atoms with E-state index in [9.17, 15) is 0 Å². The molecule has 244 valence electrons. The maximum atomic E-state index is 6.36. The molecule has 0 saturated carbocycles. The Labute approximate surface area is 297 Å². The van der Waals surface area contributed by atoms with Crippen LogP contribution in [-0.2, 0) is 6.61 Å². The lowest BCUT2D eigenvalue weighted by molar-refractivity contribution is 0.302. The third-order valence-electron chi connectivity index (χ3n) is 8.19. The molecule has 0 aliphatic carbocycles. The van der Waals surface area contributed by atoms with Crippen LogP contribution in [0.1, 0.15) is 91.3 Å². The summed E-state index contributed by atoms with van der Waals surface area (Å²) >= 11 is 3.86. The maximum Gasteiger partial charge on any atom is 0.125 e. The minimum absolute atomic E-state index is 0.514. The summed E-state index contributed by atoms with van der Waals surface area (Å²) in [5.41, 5.74) is 7.45. The first-order chi connectivity index (χ1) is 23.5. The van der Waals surface area contributed by atoms with E-state index < -0.39 is 0 Å². The lowest BCUT2D eigenvalue weighted by Gasteiger charge is -2.13. The number of hydrogen-bond acceptors (Lipinski definition) is 3. The Balaban J connectivity index is 1.16. The first-order valence-electron chi connectivity index (χ1n) is 17.3. The van der Waals surface area contributed by atoms with Gasteiger partial charge in [-0.1, -0.05) is 81.4 Å². The topological polar surface area (TPSA) is 9.23 Å². The smallest absolute Gasteiger partial charge is 0.125 e.